The molecule has 2 fully saturated rings. The normalized spacial score (nSPS) is 20.2. The number of rotatable bonds is 6. The van der Waals surface area contributed by atoms with E-state index < -0.39 is 0 Å². The summed E-state index contributed by atoms with van der Waals surface area (Å²) in [5, 5.41) is 6.42. The number of nitrogens with one attached hydrogen (secondary N) is 2. The van der Waals surface area contributed by atoms with Crippen LogP contribution in [0.15, 0.2) is 0 Å². The van der Waals surface area contributed by atoms with E-state index in [1.165, 1.54) is 19.3 Å². The van der Waals surface area contributed by atoms with E-state index >= 15 is 0 Å². The zero-order valence-electron chi connectivity index (χ0n) is 12.8. The van der Waals surface area contributed by atoms with Crippen LogP contribution in [0.5, 0.6) is 0 Å². The Morgan fingerprint density at radius 3 is 2.57 bits per heavy atom. The van der Waals surface area contributed by atoms with Gasteiger partial charge in [0.1, 0.15) is 0 Å². The summed E-state index contributed by atoms with van der Waals surface area (Å²) in [7, 11) is 1.83. The zero-order valence-corrected chi connectivity index (χ0v) is 12.8. The Kier molecular flexibility index (Phi) is 4.38. The molecule has 2 heterocycles. The summed E-state index contributed by atoms with van der Waals surface area (Å²) in [6, 6.07) is 0.391. The van der Waals surface area contributed by atoms with Gasteiger partial charge in [0.2, 0.25) is 17.8 Å². The lowest BCUT2D eigenvalue weighted by molar-refractivity contribution is 0.122. The van der Waals surface area contributed by atoms with Crippen molar-refractivity contribution in [2.24, 2.45) is 5.92 Å². The average molecular weight is 292 g/mol. The first-order valence-electron chi connectivity index (χ1n) is 7.77. The van der Waals surface area contributed by atoms with Crippen molar-refractivity contribution >= 4 is 17.8 Å². The van der Waals surface area contributed by atoms with Gasteiger partial charge in [0.05, 0.1) is 13.2 Å². The Bertz CT molecular complexity index is 473. The molecular weight excluding hydrogens is 268 g/mol. The third kappa shape index (κ3) is 3.93. The van der Waals surface area contributed by atoms with Crippen LogP contribution in [0.1, 0.15) is 26.2 Å². The molecule has 2 aliphatic rings. The Morgan fingerprint density at radius 1 is 1.19 bits per heavy atom. The second kappa shape index (κ2) is 6.43. The SMILES string of the molecule is CNc1nc(NC(C)CC2CC2)nc(N2CCOCC2)n1. The molecule has 116 valence electrons. The van der Waals surface area contributed by atoms with Crippen LogP contribution in [0.4, 0.5) is 17.8 Å². The van der Waals surface area contributed by atoms with Crippen molar-refractivity contribution in [1.82, 2.24) is 15.0 Å². The fourth-order valence-corrected chi connectivity index (χ4v) is 2.58. The third-order valence-corrected chi connectivity index (χ3v) is 3.90. The molecule has 0 aromatic carbocycles. The van der Waals surface area contributed by atoms with E-state index in [0.717, 1.165) is 38.2 Å². The first-order valence-corrected chi connectivity index (χ1v) is 7.77. The number of nitrogens with zero attached hydrogens (tertiary/aromatic N) is 4. The van der Waals surface area contributed by atoms with E-state index in [4.69, 9.17) is 4.74 Å². The molecule has 1 unspecified atom stereocenters. The van der Waals surface area contributed by atoms with Crippen LogP contribution in [-0.2, 0) is 4.74 Å². The molecule has 2 N–H and O–H groups in total. The summed E-state index contributed by atoms with van der Waals surface area (Å²) in [5.74, 6) is 2.87. The van der Waals surface area contributed by atoms with Crippen LogP contribution in [-0.4, -0.2) is 54.3 Å². The number of morpholine rings is 1. The van der Waals surface area contributed by atoms with Gasteiger partial charge in [-0.25, -0.2) is 0 Å². The molecule has 1 aromatic rings. The molecule has 0 radical (unpaired) electrons. The quantitative estimate of drug-likeness (QED) is 0.819. The van der Waals surface area contributed by atoms with Crippen LogP contribution in [0.3, 0.4) is 0 Å². The molecule has 7 nitrogen and oxygen atoms in total. The minimum absolute atomic E-state index is 0.391. The summed E-state index contributed by atoms with van der Waals surface area (Å²) < 4.78 is 5.38. The number of ether oxygens (including phenoxy) is 1. The minimum atomic E-state index is 0.391. The lowest BCUT2D eigenvalue weighted by Crippen LogP contribution is -2.37. The van der Waals surface area contributed by atoms with Gasteiger partial charge in [0.15, 0.2) is 0 Å². The number of hydrogen-bond donors (Lipinski definition) is 2. The molecule has 1 atom stereocenters. The fraction of sp³-hybridized carbons (Fsp3) is 0.786. The number of anilines is 3. The second-order valence-corrected chi connectivity index (χ2v) is 5.86. The van der Waals surface area contributed by atoms with Crippen molar-refractivity contribution in [3.8, 4) is 0 Å². The highest BCUT2D eigenvalue weighted by Gasteiger charge is 2.24. The van der Waals surface area contributed by atoms with Gasteiger partial charge >= 0.3 is 0 Å². The molecule has 0 amide bonds. The fourth-order valence-electron chi connectivity index (χ4n) is 2.58. The van der Waals surface area contributed by atoms with Crippen molar-refractivity contribution in [1.29, 1.82) is 0 Å². The standard InChI is InChI=1S/C14H24N6O/c1-10(9-11-3-4-11)16-13-17-12(15-2)18-14(19-13)20-5-7-21-8-6-20/h10-11H,3-9H2,1-2H3,(H2,15,16,17,18,19). The van der Waals surface area contributed by atoms with Gasteiger partial charge in [-0.3, -0.25) is 0 Å². The number of hydrogen-bond acceptors (Lipinski definition) is 7. The lowest BCUT2D eigenvalue weighted by atomic mass is 10.2. The highest BCUT2D eigenvalue weighted by molar-refractivity contribution is 5.44. The van der Waals surface area contributed by atoms with Crippen molar-refractivity contribution in [2.75, 3.05) is 48.9 Å². The van der Waals surface area contributed by atoms with Crippen LogP contribution < -0.4 is 15.5 Å². The number of aromatic nitrogens is 3. The summed E-state index contributed by atoms with van der Waals surface area (Å²) in [5.41, 5.74) is 0. The summed E-state index contributed by atoms with van der Waals surface area (Å²) in [4.78, 5) is 15.6. The smallest absolute Gasteiger partial charge is 0.232 e. The van der Waals surface area contributed by atoms with E-state index in [1.54, 1.807) is 0 Å². The zero-order chi connectivity index (χ0) is 14.7. The van der Waals surface area contributed by atoms with Gasteiger partial charge < -0.3 is 20.3 Å². The van der Waals surface area contributed by atoms with Crippen LogP contribution >= 0.6 is 0 Å². The van der Waals surface area contributed by atoms with Gasteiger partial charge in [0, 0.05) is 26.2 Å². The Hall–Kier alpha value is -1.63. The van der Waals surface area contributed by atoms with Gasteiger partial charge in [-0.1, -0.05) is 12.8 Å². The first-order chi connectivity index (χ1) is 10.2. The largest absolute Gasteiger partial charge is 0.378 e. The molecule has 1 aromatic heterocycles. The van der Waals surface area contributed by atoms with Gasteiger partial charge in [-0.15, -0.1) is 0 Å². The summed E-state index contributed by atoms with van der Waals surface area (Å²) in [6.45, 7) is 5.28. The van der Waals surface area contributed by atoms with Crippen molar-refractivity contribution in [2.45, 2.75) is 32.2 Å². The summed E-state index contributed by atoms with van der Waals surface area (Å²) in [6.07, 6.45) is 3.92. The maximum absolute atomic E-state index is 5.38. The topological polar surface area (TPSA) is 75.2 Å². The van der Waals surface area contributed by atoms with Crippen LogP contribution in [0, 0.1) is 5.92 Å². The van der Waals surface area contributed by atoms with Gasteiger partial charge in [-0.05, 0) is 19.3 Å². The molecule has 21 heavy (non-hydrogen) atoms. The van der Waals surface area contributed by atoms with Crippen LogP contribution in [0.2, 0.25) is 0 Å². The molecule has 1 saturated carbocycles. The molecule has 1 aliphatic heterocycles. The molecule has 3 rings (SSSR count). The monoisotopic (exact) mass is 292 g/mol. The van der Waals surface area contributed by atoms with Crippen molar-refractivity contribution in [3.05, 3.63) is 0 Å². The average Bonchev–Trinajstić information content (AvgIpc) is 3.31. The first kappa shape index (κ1) is 14.3. The predicted octanol–water partition coefficient (Wildman–Crippen LogP) is 1.35. The molecule has 1 saturated heterocycles. The highest BCUT2D eigenvalue weighted by atomic mass is 16.5. The second-order valence-electron chi connectivity index (χ2n) is 5.86. The molecule has 1 aliphatic carbocycles. The van der Waals surface area contributed by atoms with Crippen molar-refractivity contribution < 1.29 is 4.74 Å². The third-order valence-electron chi connectivity index (χ3n) is 3.90. The molecule has 0 bridgehead atoms. The molecule has 7 heteroatoms. The Balaban J connectivity index is 1.71. The predicted molar refractivity (Wildman–Crippen MR) is 82.8 cm³/mol. The van der Waals surface area contributed by atoms with E-state index in [0.29, 0.717) is 17.9 Å². The van der Waals surface area contributed by atoms with E-state index in [-0.39, 0.29) is 0 Å². The lowest BCUT2D eigenvalue weighted by Gasteiger charge is -2.27. The maximum Gasteiger partial charge on any atom is 0.232 e. The summed E-state index contributed by atoms with van der Waals surface area (Å²) >= 11 is 0. The minimum Gasteiger partial charge on any atom is -0.378 e. The van der Waals surface area contributed by atoms with E-state index in [9.17, 15) is 0 Å². The molecule has 0 spiro atoms. The van der Waals surface area contributed by atoms with Gasteiger partial charge in [-0.2, -0.15) is 15.0 Å². The van der Waals surface area contributed by atoms with Gasteiger partial charge in [0.25, 0.3) is 0 Å². The Morgan fingerprint density at radius 2 is 1.90 bits per heavy atom. The highest BCUT2D eigenvalue weighted by Crippen LogP contribution is 2.33. The van der Waals surface area contributed by atoms with Crippen molar-refractivity contribution in [3.63, 3.8) is 0 Å². The van der Waals surface area contributed by atoms with E-state index in [1.807, 2.05) is 7.05 Å². The Labute approximate surface area is 125 Å². The maximum atomic E-state index is 5.38. The molecular formula is C14H24N6O. The van der Waals surface area contributed by atoms with Crippen LogP contribution in [0.25, 0.3) is 0 Å². The van der Waals surface area contributed by atoms with E-state index in [2.05, 4.69) is 37.4 Å².